The van der Waals surface area contributed by atoms with Crippen molar-refractivity contribution in [2.45, 2.75) is 26.5 Å². The lowest BCUT2D eigenvalue weighted by molar-refractivity contribution is -0.140. The van der Waals surface area contributed by atoms with Gasteiger partial charge in [-0.05, 0) is 41.8 Å². The zero-order chi connectivity index (χ0) is 19.3. The Kier molecular flexibility index (Phi) is 6.06. The third kappa shape index (κ3) is 4.89. The van der Waals surface area contributed by atoms with Gasteiger partial charge in [-0.15, -0.1) is 0 Å². The van der Waals surface area contributed by atoms with Gasteiger partial charge in [-0.1, -0.05) is 26.0 Å². The highest BCUT2D eigenvalue weighted by Crippen LogP contribution is 2.24. The second kappa shape index (κ2) is 8.24. The summed E-state index contributed by atoms with van der Waals surface area (Å²) in [7, 11) is 0. The Labute approximate surface area is 151 Å². The number of benzene rings is 2. The summed E-state index contributed by atoms with van der Waals surface area (Å²) in [6.07, 6.45) is 0. The molecule has 26 heavy (non-hydrogen) atoms. The molecule has 0 aliphatic carbocycles. The Balaban J connectivity index is 2.11. The number of carboxylic acid groups (broad SMARTS) is 1. The van der Waals surface area contributed by atoms with Gasteiger partial charge in [0.05, 0.1) is 5.69 Å². The van der Waals surface area contributed by atoms with Crippen LogP contribution in [0.1, 0.15) is 29.8 Å². The summed E-state index contributed by atoms with van der Waals surface area (Å²) >= 11 is 0. The molecule has 0 saturated heterocycles. The number of carbonyl (C=O) groups excluding carboxylic acids is 1. The SMILES string of the molecule is CC(C)[C@H](NC(=O)c1ccc(N)c(OCc2ccc(O)cc2)c1)C(=O)O. The predicted octanol–water partition coefficient (Wildman–Crippen LogP) is 2.39. The van der Waals surface area contributed by atoms with Gasteiger partial charge in [0.15, 0.2) is 0 Å². The number of hydrogen-bond donors (Lipinski definition) is 4. The minimum Gasteiger partial charge on any atom is -0.508 e. The first kappa shape index (κ1) is 19.1. The fourth-order valence-corrected chi connectivity index (χ4v) is 2.29. The Morgan fingerprint density at radius 3 is 2.38 bits per heavy atom. The number of nitrogens with two attached hydrogens (primary N) is 1. The van der Waals surface area contributed by atoms with E-state index in [1.54, 1.807) is 38.1 Å². The molecule has 2 aromatic carbocycles. The number of anilines is 1. The molecule has 0 bridgehead atoms. The highest BCUT2D eigenvalue weighted by atomic mass is 16.5. The third-order valence-electron chi connectivity index (χ3n) is 3.83. The number of carboxylic acids is 1. The van der Waals surface area contributed by atoms with Gasteiger partial charge >= 0.3 is 5.97 Å². The lowest BCUT2D eigenvalue weighted by Crippen LogP contribution is -2.44. The summed E-state index contributed by atoms with van der Waals surface area (Å²) in [6.45, 7) is 3.64. The molecule has 0 unspecified atom stereocenters. The molecule has 7 nitrogen and oxygen atoms in total. The molecule has 0 aliphatic rings. The standard InChI is InChI=1S/C19H22N2O5/c1-11(2)17(19(24)25)21-18(23)13-5-8-15(20)16(9-13)26-10-12-3-6-14(22)7-4-12/h3-9,11,17,22H,10,20H2,1-2H3,(H,21,23)(H,24,25)/t17-/m0/s1. The fraction of sp³-hybridized carbons (Fsp3) is 0.263. The molecule has 5 N–H and O–H groups in total. The van der Waals surface area contributed by atoms with E-state index in [1.165, 1.54) is 18.2 Å². The number of nitrogens with one attached hydrogen (secondary N) is 1. The van der Waals surface area contributed by atoms with Crippen LogP contribution in [0, 0.1) is 5.92 Å². The van der Waals surface area contributed by atoms with Crippen LogP contribution in [0.15, 0.2) is 42.5 Å². The summed E-state index contributed by atoms with van der Waals surface area (Å²) in [4.78, 5) is 23.6. The van der Waals surface area contributed by atoms with Crippen LogP contribution in [0.5, 0.6) is 11.5 Å². The first-order chi connectivity index (χ1) is 12.3. The largest absolute Gasteiger partial charge is 0.508 e. The van der Waals surface area contributed by atoms with E-state index in [1.807, 2.05) is 0 Å². The first-order valence-corrected chi connectivity index (χ1v) is 8.12. The van der Waals surface area contributed by atoms with Crippen molar-refractivity contribution in [1.29, 1.82) is 0 Å². The molecule has 0 spiro atoms. The lowest BCUT2D eigenvalue weighted by Gasteiger charge is -2.18. The number of aromatic hydroxyl groups is 1. The number of nitrogen functional groups attached to an aromatic ring is 1. The second-order valence-corrected chi connectivity index (χ2v) is 6.24. The highest BCUT2D eigenvalue weighted by molar-refractivity contribution is 5.97. The van der Waals surface area contributed by atoms with E-state index in [2.05, 4.69) is 5.32 Å². The van der Waals surface area contributed by atoms with Crippen LogP contribution in [-0.2, 0) is 11.4 Å². The third-order valence-corrected chi connectivity index (χ3v) is 3.83. The predicted molar refractivity (Wildman–Crippen MR) is 97.0 cm³/mol. The van der Waals surface area contributed by atoms with Crippen molar-refractivity contribution in [2.75, 3.05) is 5.73 Å². The maximum absolute atomic E-state index is 12.3. The number of carbonyl (C=O) groups is 2. The van der Waals surface area contributed by atoms with Crippen molar-refractivity contribution in [3.8, 4) is 11.5 Å². The average Bonchev–Trinajstić information content (AvgIpc) is 2.59. The molecule has 2 rings (SSSR count). The Morgan fingerprint density at radius 2 is 1.81 bits per heavy atom. The van der Waals surface area contributed by atoms with Crippen molar-refractivity contribution in [2.24, 2.45) is 5.92 Å². The molecule has 1 amide bonds. The molecular weight excluding hydrogens is 336 g/mol. The number of aliphatic carboxylic acids is 1. The number of phenols is 1. The normalized spacial score (nSPS) is 11.8. The van der Waals surface area contributed by atoms with Gasteiger partial charge in [0.2, 0.25) is 0 Å². The second-order valence-electron chi connectivity index (χ2n) is 6.24. The average molecular weight is 358 g/mol. The van der Waals surface area contributed by atoms with Crippen LogP contribution in [0.25, 0.3) is 0 Å². The summed E-state index contributed by atoms with van der Waals surface area (Å²) in [5.41, 5.74) is 7.32. The first-order valence-electron chi connectivity index (χ1n) is 8.12. The molecule has 0 fully saturated rings. The van der Waals surface area contributed by atoms with Crippen LogP contribution in [0.4, 0.5) is 5.69 Å². The lowest BCUT2D eigenvalue weighted by atomic mass is 10.0. The zero-order valence-electron chi connectivity index (χ0n) is 14.6. The molecule has 2 aromatic rings. The van der Waals surface area contributed by atoms with E-state index < -0.39 is 17.9 Å². The maximum atomic E-state index is 12.3. The van der Waals surface area contributed by atoms with E-state index in [-0.39, 0.29) is 23.8 Å². The number of rotatable bonds is 7. The van der Waals surface area contributed by atoms with Crippen molar-refractivity contribution < 1.29 is 24.5 Å². The van der Waals surface area contributed by atoms with Gasteiger partial charge < -0.3 is 26.0 Å². The van der Waals surface area contributed by atoms with Gasteiger partial charge in [-0.25, -0.2) is 4.79 Å². The molecule has 0 aromatic heterocycles. The maximum Gasteiger partial charge on any atom is 0.326 e. The van der Waals surface area contributed by atoms with E-state index in [4.69, 9.17) is 10.5 Å². The molecule has 1 atom stereocenters. The van der Waals surface area contributed by atoms with Crippen LogP contribution >= 0.6 is 0 Å². The van der Waals surface area contributed by atoms with Gasteiger partial charge in [-0.2, -0.15) is 0 Å². The summed E-state index contributed by atoms with van der Waals surface area (Å²) in [5.74, 6) is -1.38. The van der Waals surface area contributed by atoms with E-state index in [0.29, 0.717) is 11.4 Å². The number of phenolic OH excluding ortho intramolecular Hbond substituents is 1. The van der Waals surface area contributed by atoms with Crippen LogP contribution in [0.3, 0.4) is 0 Å². The van der Waals surface area contributed by atoms with Gasteiger partial charge in [0, 0.05) is 5.56 Å². The molecule has 0 radical (unpaired) electrons. The Hall–Kier alpha value is -3.22. The van der Waals surface area contributed by atoms with Crippen LogP contribution in [0.2, 0.25) is 0 Å². The zero-order valence-corrected chi connectivity index (χ0v) is 14.6. The van der Waals surface area contributed by atoms with Crippen molar-refractivity contribution in [1.82, 2.24) is 5.32 Å². The minimum atomic E-state index is -1.09. The van der Waals surface area contributed by atoms with Crippen molar-refractivity contribution >= 4 is 17.6 Å². The number of ether oxygens (including phenoxy) is 1. The van der Waals surface area contributed by atoms with Gasteiger partial charge in [0.1, 0.15) is 24.1 Å². The quantitative estimate of drug-likeness (QED) is 0.564. The monoisotopic (exact) mass is 358 g/mol. The van der Waals surface area contributed by atoms with Crippen molar-refractivity contribution in [3.05, 3.63) is 53.6 Å². The summed E-state index contributed by atoms with van der Waals surface area (Å²) in [6, 6.07) is 10.0. The molecule has 7 heteroatoms. The van der Waals surface area contributed by atoms with Crippen LogP contribution < -0.4 is 15.8 Å². The molecular formula is C19H22N2O5. The van der Waals surface area contributed by atoms with Crippen molar-refractivity contribution in [3.63, 3.8) is 0 Å². The van der Waals surface area contributed by atoms with E-state index in [9.17, 15) is 19.8 Å². The summed E-state index contributed by atoms with van der Waals surface area (Å²) < 4.78 is 5.65. The van der Waals surface area contributed by atoms with Gasteiger partial charge in [0.25, 0.3) is 5.91 Å². The topological polar surface area (TPSA) is 122 Å². The Bertz CT molecular complexity index is 787. The minimum absolute atomic E-state index is 0.157. The number of hydrogen-bond acceptors (Lipinski definition) is 5. The molecule has 138 valence electrons. The fourth-order valence-electron chi connectivity index (χ4n) is 2.29. The summed E-state index contributed by atoms with van der Waals surface area (Å²) in [5, 5.41) is 21.0. The Morgan fingerprint density at radius 1 is 1.15 bits per heavy atom. The van der Waals surface area contributed by atoms with E-state index in [0.717, 1.165) is 5.56 Å². The molecule has 0 aliphatic heterocycles. The molecule has 0 heterocycles. The van der Waals surface area contributed by atoms with Gasteiger partial charge in [-0.3, -0.25) is 4.79 Å². The molecule has 0 saturated carbocycles. The highest BCUT2D eigenvalue weighted by Gasteiger charge is 2.24. The van der Waals surface area contributed by atoms with E-state index >= 15 is 0 Å². The van der Waals surface area contributed by atoms with Crippen LogP contribution in [-0.4, -0.2) is 28.1 Å². The smallest absolute Gasteiger partial charge is 0.326 e. The number of amides is 1.